The van der Waals surface area contributed by atoms with Gasteiger partial charge in [0.2, 0.25) is 0 Å². The van der Waals surface area contributed by atoms with Crippen LogP contribution in [0.5, 0.6) is 0 Å². The van der Waals surface area contributed by atoms with Crippen molar-refractivity contribution in [2.24, 2.45) is 0 Å². The average molecular weight is 359 g/mol. The summed E-state index contributed by atoms with van der Waals surface area (Å²) in [6, 6.07) is 15.3. The van der Waals surface area contributed by atoms with E-state index in [1.807, 2.05) is 30.3 Å². The fourth-order valence-electron chi connectivity index (χ4n) is 2.23. The summed E-state index contributed by atoms with van der Waals surface area (Å²) in [4.78, 5) is 12.8. The van der Waals surface area contributed by atoms with E-state index in [2.05, 4.69) is 5.32 Å². The van der Waals surface area contributed by atoms with Gasteiger partial charge in [0, 0.05) is 12.2 Å². The first-order valence-corrected chi connectivity index (χ1v) is 8.38. The van der Waals surface area contributed by atoms with E-state index < -0.39 is 0 Å². The average Bonchev–Trinajstić information content (AvgIpc) is 2.89. The van der Waals surface area contributed by atoms with Gasteiger partial charge in [-0.1, -0.05) is 41.7 Å². The van der Waals surface area contributed by atoms with Crippen LogP contribution in [-0.4, -0.2) is 10.5 Å². The third-order valence-corrected chi connectivity index (χ3v) is 4.82. The molecule has 0 aliphatic carbocycles. The number of carbonyl (C=O) groups excluding carboxylic acids is 1. The zero-order valence-electron chi connectivity index (χ0n) is 12.5. The van der Waals surface area contributed by atoms with Crippen molar-refractivity contribution in [3.8, 4) is 5.69 Å². The van der Waals surface area contributed by atoms with E-state index in [4.69, 9.17) is 18.0 Å². The van der Waals surface area contributed by atoms with Crippen molar-refractivity contribution < 1.29 is 9.18 Å². The largest absolute Gasteiger partial charge is 0.383 e. The molecule has 4 nitrogen and oxygen atoms in total. The first kappa shape index (κ1) is 16.4. The number of rotatable bonds is 4. The van der Waals surface area contributed by atoms with Gasteiger partial charge in [-0.15, -0.1) is 0 Å². The van der Waals surface area contributed by atoms with Gasteiger partial charge in [-0.25, -0.2) is 4.39 Å². The Morgan fingerprint density at radius 2 is 1.83 bits per heavy atom. The van der Waals surface area contributed by atoms with Crippen LogP contribution in [0.1, 0.15) is 15.2 Å². The molecule has 7 heteroatoms. The maximum absolute atomic E-state index is 12.9. The van der Waals surface area contributed by atoms with Crippen LogP contribution in [0, 0.1) is 9.77 Å². The zero-order chi connectivity index (χ0) is 17.1. The van der Waals surface area contributed by atoms with Gasteiger partial charge in [0.25, 0.3) is 5.91 Å². The smallest absolute Gasteiger partial charge is 0.265 e. The molecule has 1 amide bonds. The summed E-state index contributed by atoms with van der Waals surface area (Å²) in [5.41, 5.74) is 7.74. The van der Waals surface area contributed by atoms with Crippen LogP contribution < -0.4 is 11.1 Å². The summed E-state index contributed by atoms with van der Waals surface area (Å²) in [7, 11) is 0. The summed E-state index contributed by atoms with van der Waals surface area (Å²) in [6.07, 6.45) is 0. The molecule has 0 fully saturated rings. The molecule has 0 saturated carbocycles. The molecule has 122 valence electrons. The van der Waals surface area contributed by atoms with E-state index in [9.17, 15) is 9.18 Å². The molecule has 0 radical (unpaired) electrons. The summed E-state index contributed by atoms with van der Waals surface area (Å²) in [5.74, 6) is -0.303. The first-order chi connectivity index (χ1) is 11.6. The number of anilines is 1. The molecule has 3 N–H and O–H groups in total. The van der Waals surface area contributed by atoms with E-state index in [0.717, 1.165) is 22.6 Å². The molecule has 3 aromatic rings. The van der Waals surface area contributed by atoms with E-state index in [0.29, 0.717) is 14.6 Å². The van der Waals surface area contributed by atoms with Crippen LogP contribution in [0.3, 0.4) is 0 Å². The van der Waals surface area contributed by atoms with E-state index >= 15 is 0 Å². The Hall–Kier alpha value is -2.51. The van der Waals surface area contributed by atoms with Gasteiger partial charge in [-0.05, 0) is 42.0 Å². The Balaban J connectivity index is 1.81. The number of nitrogens with two attached hydrogens (primary N) is 1. The number of hydrogen-bond donors (Lipinski definition) is 2. The van der Waals surface area contributed by atoms with Gasteiger partial charge in [0.1, 0.15) is 16.5 Å². The van der Waals surface area contributed by atoms with Gasteiger partial charge in [0.15, 0.2) is 3.95 Å². The van der Waals surface area contributed by atoms with Crippen LogP contribution >= 0.6 is 23.6 Å². The van der Waals surface area contributed by atoms with Gasteiger partial charge in [0.05, 0.1) is 0 Å². The predicted octanol–water partition coefficient (Wildman–Crippen LogP) is 3.92. The minimum Gasteiger partial charge on any atom is -0.383 e. The van der Waals surface area contributed by atoms with Crippen molar-refractivity contribution in [1.82, 2.24) is 9.88 Å². The molecule has 0 aliphatic rings. The molecular weight excluding hydrogens is 345 g/mol. The SMILES string of the molecule is Nc1c(C(=O)NCc2ccc(F)cc2)sc(=S)n1-c1ccccc1. The number of thiazole rings is 1. The highest BCUT2D eigenvalue weighted by Gasteiger charge is 2.17. The molecule has 0 atom stereocenters. The molecule has 1 aromatic heterocycles. The summed E-state index contributed by atoms with van der Waals surface area (Å²) >= 11 is 6.50. The Bertz CT molecular complexity index is 917. The molecule has 0 aliphatic heterocycles. The number of nitrogens with one attached hydrogen (secondary N) is 1. The number of amides is 1. The Kier molecular flexibility index (Phi) is 4.73. The molecule has 0 spiro atoms. The molecular formula is C17H14FN3OS2. The van der Waals surface area contributed by atoms with Crippen molar-refractivity contribution in [1.29, 1.82) is 0 Å². The Morgan fingerprint density at radius 1 is 1.17 bits per heavy atom. The van der Waals surface area contributed by atoms with Crippen LogP contribution in [0.2, 0.25) is 0 Å². The van der Waals surface area contributed by atoms with Crippen molar-refractivity contribution in [2.45, 2.75) is 6.54 Å². The molecule has 1 heterocycles. The number of para-hydroxylation sites is 1. The van der Waals surface area contributed by atoms with Crippen LogP contribution in [-0.2, 0) is 6.54 Å². The maximum atomic E-state index is 12.9. The standard InChI is InChI=1S/C17H14FN3OS2/c18-12-8-6-11(7-9-12)10-20-16(22)14-15(19)21(17(23)24-14)13-4-2-1-3-5-13/h1-9H,10,19H2,(H,20,22). The number of aromatic nitrogens is 1. The Morgan fingerprint density at radius 3 is 2.50 bits per heavy atom. The normalized spacial score (nSPS) is 10.5. The van der Waals surface area contributed by atoms with Gasteiger partial charge < -0.3 is 11.1 Å². The first-order valence-electron chi connectivity index (χ1n) is 7.15. The summed E-state index contributed by atoms with van der Waals surface area (Å²) in [6.45, 7) is 0.286. The van der Waals surface area contributed by atoms with Gasteiger partial charge in [-0.3, -0.25) is 9.36 Å². The van der Waals surface area contributed by atoms with Crippen LogP contribution in [0.15, 0.2) is 54.6 Å². The molecule has 0 saturated heterocycles. The topological polar surface area (TPSA) is 60.1 Å². The monoisotopic (exact) mass is 359 g/mol. The number of carbonyl (C=O) groups is 1. The molecule has 3 rings (SSSR count). The lowest BCUT2D eigenvalue weighted by Gasteiger charge is -2.07. The lowest BCUT2D eigenvalue weighted by molar-refractivity contribution is 0.0955. The lowest BCUT2D eigenvalue weighted by Crippen LogP contribution is -2.23. The molecule has 24 heavy (non-hydrogen) atoms. The second-order valence-corrected chi connectivity index (χ2v) is 6.71. The van der Waals surface area contributed by atoms with Crippen LogP contribution in [0.4, 0.5) is 10.2 Å². The number of benzene rings is 2. The lowest BCUT2D eigenvalue weighted by atomic mass is 10.2. The molecule has 2 aromatic carbocycles. The summed E-state index contributed by atoms with van der Waals surface area (Å²) < 4.78 is 15.1. The van der Waals surface area contributed by atoms with E-state index in [1.54, 1.807) is 16.7 Å². The van der Waals surface area contributed by atoms with E-state index in [-0.39, 0.29) is 18.3 Å². The third-order valence-electron chi connectivity index (χ3n) is 3.43. The fraction of sp³-hybridized carbons (Fsp3) is 0.0588. The number of nitrogens with zero attached hydrogens (tertiary/aromatic N) is 1. The minimum atomic E-state index is -0.313. The number of halogens is 1. The second-order valence-electron chi connectivity index (χ2n) is 5.06. The van der Waals surface area contributed by atoms with Gasteiger partial charge in [-0.2, -0.15) is 0 Å². The van der Waals surface area contributed by atoms with E-state index in [1.165, 1.54) is 12.1 Å². The van der Waals surface area contributed by atoms with Crippen molar-refractivity contribution in [3.05, 3.63) is 74.8 Å². The maximum Gasteiger partial charge on any atom is 0.265 e. The predicted molar refractivity (Wildman–Crippen MR) is 96.5 cm³/mol. The highest BCUT2D eigenvalue weighted by Crippen LogP contribution is 2.26. The third kappa shape index (κ3) is 3.37. The Labute approximate surface area is 147 Å². The molecule has 0 bridgehead atoms. The highest BCUT2D eigenvalue weighted by atomic mass is 32.1. The molecule has 0 unspecified atom stereocenters. The quantitative estimate of drug-likeness (QED) is 0.694. The van der Waals surface area contributed by atoms with Gasteiger partial charge >= 0.3 is 0 Å². The highest BCUT2D eigenvalue weighted by molar-refractivity contribution is 7.73. The van der Waals surface area contributed by atoms with Crippen molar-refractivity contribution >= 4 is 35.3 Å². The van der Waals surface area contributed by atoms with Crippen molar-refractivity contribution in [3.63, 3.8) is 0 Å². The number of nitrogen functional groups attached to an aromatic ring is 1. The fourth-order valence-corrected chi connectivity index (χ4v) is 3.52. The van der Waals surface area contributed by atoms with Crippen LogP contribution in [0.25, 0.3) is 5.69 Å². The minimum absolute atomic E-state index is 0.286. The number of hydrogen-bond acceptors (Lipinski definition) is 4. The van der Waals surface area contributed by atoms with Crippen molar-refractivity contribution in [2.75, 3.05) is 5.73 Å². The zero-order valence-corrected chi connectivity index (χ0v) is 14.2. The summed E-state index contributed by atoms with van der Waals surface area (Å²) in [5, 5.41) is 2.78. The second kappa shape index (κ2) is 6.94.